The van der Waals surface area contributed by atoms with E-state index in [9.17, 15) is 5.11 Å². The molecule has 0 bridgehead atoms. The summed E-state index contributed by atoms with van der Waals surface area (Å²) >= 11 is 1.76. The van der Waals surface area contributed by atoms with Gasteiger partial charge in [0, 0.05) is 9.75 Å². The number of rotatable bonds is 4. The second kappa shape index (κ2) is 3.81. The zero-order chi connectivity index (χ0) is 9.26. The van der Waals surface area contributed by atoms with Gasteiger partial charge in [0.15, 0.2) is 0 Å². The van der Waals surface area contributed by atoms with Crippen LogP contribution in [0.4, 0.5) is 0 Å². The molecule has 1 aromatic heterocycles. The summed E-state index contributed by atoms with van der Waals surface area (Å²) in [5.41, 5.74) is 0. The van der Waals surface area contributed by atoms with Crippen molar-refractivity contribution in [2.45, 2.75) is 38.7 Å². The Hall–Kier alpha value is -0.340. The largest absolute Gasteiger partial charge is 0.388 e. The molecule has 1 saturated carbocycles. The van der Waals surface area contributed by atoms with Crippen LogP contribution in [0, 0.1) is 5.92 Å². The molecule has 1 fully saturated rings. The van der Waals surface area contributed by atoms with Gasteiger partial charge >= 0.3 is 0 Å². The van der Waals surface area contributed by atoms with Crippen LogP contribution >= 0.6 is 11.3 Å². The highest BCUT2D eigenvalue weighted by Crippen LogP contribution is 2.38. The highest BCUT2D eigenvalue weighted by molar-refractivity contribution is 7.12. The number of thiophene rings is 1. The Morgan fingerprint density at radius 2 is 2.31 bits per heavy atom. The first-order valence-electron chi connectivity index (χ1n) is 5.06. The second-order valence-corrected chi connectivity index (χ2v) is 5.05. The third-order valence-corrected chi connectivity index (χ3v) is 3.94. The summed E-state index contributed by atoms with van der Waals surface area (Å²) in [7, 11) is 0. The third-order valence-electron chi connectivity index (χ3n) is 2.61. The lowest BCUT2D eigenvalue weighted by Crippen LogP contribution is -1.94. The summed E-state index contributed by atoms with van der Waals surface area (Å²) in [5.74, 6) is 0.808. The Kier molecular flexibility index (Phi) is 2.70. The van der Waals surface area contributed by atoms with Crippen LogP contribution in [0.25, 0.3) is 0 Å². The van der Waals surface area contributed by atoms with Gasteiger partial charge in [0.1, 0.15) is 0 Å². The highest BCUT2D eigenvalue weighted by Gasteiger charge is 2.25. The quantitative estimate of drug-likeness (QED) is 0.784. The Balaban J connectivity index is 1.96. The summed E-state index contributed by atoms with van der Waals surface area (Å²) in [5, 5.41) is 9.85. The van der Waals surface area contributed by atoms with E-state index >= 15 is 0 Å². The number of hydrogen-bond donors (Lipinski definition) is 1. The summed E-state index contributed by atoms with van der Waals surface area (Å²) in [6, 6.07) is 4.21. The maximum absolute atomic E-state index is 9.85. The maximum Gasteiger partial charge on any atom is 0.0884 e. The molecule has 1 heterocycles. The SMILES string of the molecule is CCc1ccc(C(O)CC2CC2)s1. The molecular weight excluding hydrogens is 180 g/mol. The summed E-state index contributed by atoms with van der Waals surface area (Å²) < 4.78 is 0. The topological polar surface area (TPSA) is 20.2 Å². The lowest BCUT2D eigenvalue weighted by Gasteiger charge is -2.05. The molecule has 1 aliphatic rings. The Bertz CT molecular complexity index is 275. The second-order valence-electron chi connectivity index (χ2n) is 3.85. The maximum atomic E-state index is 9.85. The molecule has 2 rings (SSSR count). The van der Waals surface area contributed by atoms with E-state index in [4.69, 9.17) is 0 Å². The van der Waals surface area contributed by atoms with Gasteiger partial charge in [-0.3, -0.25) is 0 Å². The van der Waals surface area contributed by atoms with E-state index in [-0.39, 0.29) is 6.10 Å². The molecule has 0 radical (unpaired) electrons. The van der Waals surface area contributed by atoms with Gasteiger partial charge in [0.05, 0.1) is 6.10 Å². The van der Waals surface area contributed by atoms with Crippen LogP contribution in [-0.2, 0) is 6.42 Å². The van der Waals surface area contributed by atoms with Crippen molar-refractivity contribution in [3.63, 3.8) is 0 Å². The molecule has 0 aliphatic heterocycles. The van der Waals surface area contributed by atoms with E-state index in [2.05, 4.69) is 19.1 Å². The third kappa shape index (κ3) is 2.32. The first-order valence-corrected chi connectivity index (χ1v) is 5.88. The van der Waals surface area contributed by atoms with Crippen molar-refractivity contribution in [2.24, 2.45) is 5.92 Å². The smallest absolute Gasteiger partial charge is 0.0884 e. The molecular formula is C11H16OS. The molecule has 1 nitrogen and oxygen atoms in total. The minimum absolute atomic E-state index is 0.196. The molecule has 1 aromatic rings. The fourth-order valence-electron chi connectivity index (χ4n) is 1.55. The van der Waals surface area contributed by atoms with E-state index in [1.807, 2.05) is 0 Å². The van der Waals surface area contributed by atoms with Crippen LogP contribution in [0.1, 0.15) is 42.0 Å². The van der Waals surface area contributed by atoms with Crippen LogP contribution in [0.5, 0.6) is 0 Å². The van der Waals surface area contributed by atoms with Gasteiger partial charge in [-0.05, 0) is 30.9 Å². The Morgan fingerprint density at radius 1 is 1.54 bits per heavy atom. The van der Waals surface area contributed by atoms with Crippen molar-refractivity contribution < 1.29 is 5.11 Å². The van der Waals surface area contributed by atoms with Crippen LogP contribution in [0.3, 0.4) is 0 Å². The van der Waals surface area contributed by atoms with Crippen LogP contribution in [0.15, 0.2) is 12.1 Å². The predicted octanol–water partition coefficient (Wildman–Crippen LogP) is 3.14. The van der Waals surface area contributed by atoms with Crippen LogP contribution in [-0.4, -0.2) is 5.11 Å². The summed E-state index contributed by atoms with van der Waals surface area (Å²) in [6.45, 7) is 2.16. The van der Waals surface area contributed by atoms with E-state index in [1.165, 1.54) is 17.7 Å². The molecule has 1 atom stereocenters. The molecule has 0 amide bonds. The van der Waals surface area contributed by atoms with Crippen LogP contribution in [0.2, 0.25) is 0 Å². The summed E-state index contributed by atoms with van der Waals surface area (Å²) in [6.07, 6.45) is 4.51. The molecule has 1 N–H and O–H groups in total. The van der Waals surface area contributed by atoms with Crippen molar-refractivity contribution in [3.8, 4) is 0 Å². The molecule has 13 heavy (non-hydrogen) atoms. The summed E-state index contributed by atoms with van der Waals surface area (Å²) in [4.78, 5) is 2.54. The van der Waals surface area contributed by atoms with Crippen molar-refractivity contribution >= 4 is 11.3 Å². The standard InChI is InChI=1S/C11H16OS/c1-2-9-5-6-11(13-9)10(12)7-8-3-4-8/h5-6,8,10,12H,2-4,7H2,1H3. The molecule has 2 heteroatoms. The van der Waals surface area contributed by atoms with Gasteiger partial charge in [-0.15, -0.1) is 11.3 Å². The van der Waals surface area contributed by atoms with Gasteiger partial charge in [0.2, 0.25) is 0 Å². The fourth-order valence-corrected chi connectivity index (χ4v) is 2.50. The minimum Gasteiger partial charge on any atom is -0.388 e. The molecule has 1 unspecified atom stereocenters. The molecule has 0 spiro atoms. The van der Waals surface area contributed by atoms with Gasteiger partial charge in [-0.1, -0.05) is 19.8 Å². The van der Waals surface area contributed by atoms with Crippen molar-refractivity contribution in [1.29, 1.82) is 0 Å². The normalized spacial score (nSPS) is 18.9. The van der Waals surface area contributed by atoms with E-state index in [1.54, 1.807) is 11.3 Å². The van der Waals surface area contributed by atoms with Gasteiger partial charge in [0.25, 0.3) is 0 Å². The first-order chi connectivity index (χ1) is 6.29. The lowest BCUT2D eigenvalue weighted by molar-refractivity contribution is 0.164. The zero-order valence-electron chi connectivity index (χ0n) is 7.99. The Morgan fingerprint density at radius 3 is 2.85 bits per heavy atom. The number of aryl methyl sites for hydroxylation is 1. The first kappa shape index (κ1) is 9.22. The van der Waals surface area contributed by atoms with E-state index in [0.717, 1.165) is 23.6 Å². The number of aliphatic hydroxyl groups excluding tert-OH is 1. The van der Waals surface area contributed by atoms with Crippen LogP contribution < -0.4 is 0 Å². The van der Waals surface area contributed by atoms with E-state index < -0.39 is 0 Å². The number of aliphatic hydroxyl groups is 1. The molecule has 0 aromatic carbocycles. The molecule has 72 valence electrons. The van der Waals surface area contributed by atoms with Crippen molar-refractivity contribution in [2.75, 3.05) is 0 Å². The van der Waals surface area contributed by atoms with Gasteiger partial charge in [-0.2, -0.15) is 0 Å². The van der Waals surface area contributed by atoms with Gasteiger partial charge in [-0.25, -0.2) is 0 Å². The minimum atomic E-state index is -0.196. The van der Waals surface area contributed by atoms with Crippen molar-refractivity contribution in [1.82, 2.24) is 0 Å². The molecule has 0 saturated heterocycles. The monoisotopic (exact) mass is 196 g/mol. The Labute approximate surface area is 83.4 Å². The lowest BCUT2D eigenvalue weighted by atomic mass is 10.1. The van der Waals surface area contributed by atoms with E-state index in [0.29, 0.717) is 0 Å². The highest BCUT2D eigenvalue weighted by atomic mass is 32.1. The van der Waals surface area contributed by atoms with Gasteiger partial charge < -0.3 is 5.11 Å². The average Bonchev–Trinajstić information content (AvgIpc) is 2.82. The van der Waals surface area contributed by atoms with Crippen molar-refractivity contribution in [3.05, 3.63) is 21.9 Å². The zero-order valence-corrected chi connectivity index (χ0v) is 8.81. The number of hydrogen-bond acceptors (Lipinski definition) is 2. The molecule has 1 aliphatic carbocycles. The predicted molar refractivity (Wildman–Crippen MR) is 56.0 cm³/mol. The average molecular weight is 196 g/mol. The fraction of sp³-hybridized carbons (Fsp3) is 0.636.